The fourth-order valence-electron chi connectivity index (χ4n) is 2.95. The van der Waals surface area contributed by atoms with Crippen molar-refractivity contribution in [1.29, 1.82) is 0 Å². The largest absolute Gasteiger partial charge is 0.438 e. The van der Waals surface area contributed by atoms with E-state index in [9.17, 15) is 4.79 Å². The number of pyridine rings is 1. The molecule has 4 N–H and O–H groups in total. The number of aliphatic hydroxyl groups excluding tert-OH is 1. The monoisotopic (exact) mass is 416 g/mol. The van der Waals surface area contributed by atoms with Crippen molar-refractivity contribution in [3.63, 3.8) is 0 Å². The Morgan fingerprint density at radius 3 is 2.77 bits per heavy atom. The number of fused-ring (bicyclic) bond motifs is 1. The van der Waals surface area contributed by atoms with Gasteiger partial charge in [0.1, 0.15) is 23.5 Å². The Kier molecular flexibility index (Phi) is 5.86. The third-order valence-corrected chi connectivity index (χ3v) is 4.41. The smallest absolute Gasteiger partial charge is 0.248 e. The van der Waals surface area contributed by atoms with E-state index < -0.39 is 0 Å². The van der Waals surface area contributed by atoms with Crippen LogP contribution in [0.3, 0.4) is 0 Å². The Morgan fingerprint density at radius 2 is 2.00 bits per heavy atom. The maximum atomic E-state index is 11.5. The quantitative estimate of drug-likeness (QED) is 0.325. The summed E-state index contributed by atoms with van der Waals surface area (Å²) in [6.07, 6.45) is 4.11. The molecule has 9 heteroatoms. The van der Waals surface area contributed by atoms with Crippen molar-refractivity contribution < 1.29 is 14.6 Å². The molecular weight excluding hydrogens is 396 g/mol. The van der Waals surface area contributed by atoms with E-state index in [1.807, 2.05) is 30.3 Å². The molecule has 0 fully saturated rings. The Bertz CT molecular complexity index is 1220. The summed E-state index contributed by atoms with van der Waals surface area (Å²) in [5.41, 5.74) is 3.39. The topological polar surface area (TPSA) is 125 Å². The average molecular weight is 416 g/mol. The standard InChI is InChI=1S/C22H20N6O3/c1-2-20(30)28-19-11-16(7-8-24-19)31-22-17-12-18(27-21(17)25-13-26-22)14-3-5-15(6-4-14)23-9-10-29/h2-8,11-13,23,29H,1,9-10H2,(H,24,28,30)(H,25,26,27). The van der Waals surface area contributed by atoms with Gasteiger partial charge in [-0.2, -0.15) is 0 Å². The first kappa shape index (κ1) is 20.0. The second-order valence-electron chi connectivity index (χ2n) is 6.52. The SMILES string of the molecule is C=CC(=O)Nc1cc(Oc2ncnc3[nH]c(-c4ccc(NCCO)cc4)cc23)ccn1. The molecular formula is C22H20N6O3. The number of hydrogen-bond donors (Lipinski definition) is 4. The van der Waals surface area contributed by atoms with Gasteiger partial charge in [0.15, 0.2) is 0 Å². The lowest BCUT2D eigenvalue weighted by Gasteiger charge is -2.07. The maximum Gasteiger partial charge on any atom is 0.248 e. The molecule has 3 aromatic heterocycles. The first-order valence-electron chi connectivity index (χ1n) is 9.52. The van der Waals surface area contributed by atoms with E-state index in [4.69, 9.17) is 9.84 Å². The minimum absolute atomic E-state index is 0.0742. The van der Waals surface area contributed by atoms with E-state index in [2.05, 4.69) is 37.1 Å². The second kappa shape index (κ2) is 9.06. The molecule has 0 unspecified atom stereocenters. The van der Waals surface area contributed by atoms with Crippen LogP contribution < -0.4 is 15.4 Å². The number of carbonyl (C=O) groups is 1. The zero-order valence-corrected chi connectivity index (χ0v) is 16.5. The first-order chi connectivity index (χ1) is 15.2. The number of aliphatic hydroxyl groups is 1. The number of nitrogens with one attached hydrogen (secondary N) is 3. The predicted octanol–water partition coefficient (Wildman–Crippen LogP) is 3.34. The Balaban J connectivity index is 1.59. The third-order valence-electron chi connectivity index (χ3n) is 4.41. The van der Waals surface area contributed by atoms with E-state index >= 15 is 0 Å². The van der Waals surface area contributed by atoms with Crippen LogP contribution in [0.25, 0.3) is 22.3 Å². The van der Waals surface area contributed by atoms with Crippen LogP contribution in [-0.2, 0) is 4.79 Å². The van der Waals surface area contributed by atoms with E-state index in [1.165, 1.54) is 18.6 Å². The molecule has 0 radical (unpaired) electrons. The predicted molar refractivity (Wildman–Crippen MR) is 118 cm³/mol. The fraction of sp³-hybridized carbons (Fsp3) is 0.0909. The van der Waals surface area contributed by atoms with Crippen LogP contribution in [0.4, 0.5) is 11.5 Å². The van der Waals surface area contributed by atoms with Crippen molar-refractivity contribution in [3.8, 4) is 22.9 Å². The minimum atomic E-state index is -0.359. The van der Waals surface area contributed by atoms with Crippen LogP contribution in [0, 0.1) is 0 Å². The van der Waals surface area contributed by atoms with Crippen LogP contribution >= 0.6 is 0 Å². The van der Waals surface area contributed by atoms with Crippen LogP contribution in [0.5, 0.6) is 11.6 Å². The molecule has 31 heavy (non-hydrogen) atoms. The van der Waals surface area contributed by atoms with Crippen molar-refractivity contribution in [2.45, 2.75) is 0 Å². The highest BCUT2D eigenvalue weighted by atomic mass is 16.5. The van der Waals surface area contributed by atoms with Crippen LogP contribution in [-0.4, -0.2) is 44.1 Å². The molecule has 1 aromatic carbocycles. The number of rotatable bonds is 8. The lowest BCUT2D eigenvalue weighted by molar-refractivity contribution is -0.111. The van der Waals surface area contributed by atoms with E-state index in [0.29, 0.717) is 35.0 Å². The molecule has 9 nitrogen and oxygen atoms in total. The van der Waals surface area contributed by atoms with E-state index in [-0.39, 0.29) is 12.5 Å². The van der Waals surface area contributed by atoms with Crippen molar-refractivity contribution in [1.82, 2.24) is 19.9 Å². The second-order valence-corrected chi connectivity index (χ2v) is 6.52. The highest BCUT2D eigenvalue weighted by Crippen LogP contribution is 2.31. The van der Waals surface area contributed by atoms with Gasteiger partial charge in [-0.05, 0) is 35.9 Å². The summed E-state index contributed by atoms with van der Waals surface area (Å²) in [6, 6.07) is 13.0. The molecule has 0 aliphatic carbocycles. The molecule has 0 saturated carbocycles. The third kappa shape index (κ3) is 4.68. The molecule has 0 aliphatic rings. The molecule has 4 aromatic rings. The number of hydrogen-bond acceptors (Lipinski definition) is 7. The van der Waals surface area contributed by atoms with Crippen LogP contribution in [0.2, 0.25) is 0 Å². The highest BCUT2D eigenvalue weighted by molar-refractivity contribution is 5.98. The van der Waals surface area contributed by atoms with Gasteiger partial charge in [-0.1, -0.05) is 18.7 Å². The van der Waals surface area contributed by atoms with Gasteiger partial charge in [0.25, 0.3) is 0 Å². The summed E-state index contributed by atoms with van der Waals surface area (Å²) < 4.78 is 5.94. The molecule has 0 aliphatic heterocycles. The molecule has 0 bridgehead atoms. The Hall–Kier alpha value is -4.24. The van der Waals surface area contributed by atoms with Crippen molar-refractivity contribution in [2.75, 3.05) is 23.8 Å². The number of benzene rings is 1. The van der Waals surface area contributed by atoms with Crippen LogP contribution in [0.1, 0.15) is 0 Å². The summed E-state index contributed by atoms with van der Waals surface area (Å²) in [7, 11) is 0. The molecule has 3 heterocycles. The number of ether oxygens (including phenoxy) is 1. The number of carbonyl (C=O) groups excluding carboxylic acids is 1. The summed E-state index contributed by atoms with van der Waals surface area (Å²) in [5.74, 6) is 0.830. The molecule has 1 amide bonds. The number of amides is 1. The fourth-order valence-corrected chi connectivity index (χ4v) is 2.95. The summed E-state index contributed by atoms with van der Waals surface area (Å²) in [5, 5.41) is 15.3. The lowest BCUT2D eigenvalue weighted by Crippen LogP contribution is -2.08. The Labute approximate surface area is 177 Å². The van der Waals surface area contributed by atoms with E-state index in [1.54, 1.807) is 12.1 Å². The van der Waals surface area contributed by atoms with Crippen molar-refractivity contribution >= 4 is 28.4 Å². The number of H-pyrrole nitrogens is 1. The van der Waals surface area contributed by atoms with Gasteiger partial charge in [0.2, 0.25) is 11.8 Å². The number of anilines is 2. The van der Waals surface area contributed by atoms with Crippen molar-refractivity contribution in [3.05, 3.63) is 67.6 Å². The van der Waals surface area contributed by atoms with Gasteiger partial charge < -0.3 is 25.5 Å². The normalized spacial score (nSPS) is 10.6. The molecule has 156 valence electrons. The highest BCUT2D eigenvalue weighted by Gasteiger charge is 2.12. The molecule has 0 spiro atoms. The number of aromatic nitrogens is 4. The maximum absolute atomic E-state index is 11.5. The summed E-state index contributed by atoms with van der Waals surface area (Å²) in [6.45, 7) is 3.99. The minimum Gasteiger partial charge on any atom is -0.438 e. The van der Waals surface area contributed by atoms with Gasteiger partial charge in [0.05, 0.1) is 12.0 Å². The molecule has 0 atom stereocenters. The number of aromatic amines is 1. The number of nitrogens with zero attached hydrogens (tertiary/aromatic N) is 3. The summed E-state index contributed by atoms with van der Waals surface area (Å²) in [4.78, 5) is 27.4. The van der Waals surface area contributed by atoms with E-state index in [0.717, 1.165) is 16.9 Å². The summed E-state index contributed by atoms with van der Waals surface area (Å²) >= 11 is 0. The average Bonchev–Trinajstić information content (AvgIpc) is 3.24. The first-order valence-corrected chi connectivity index (χ1v) is 9.52. The zero-order chi connectivity index (χ0) is 21.6. The lowest BCUT2D eigenvalue weighted by atomic mass is 10.1. The van der Waals surface area contributed by atoms with Gasteiger partial charge >= 0.3 is 0 Å². The Morgan fingerprint density at radius 1 is 1.16 bits per heavy atom. The zero-order valence-electron chi connectivity index (χ0n) is 16.5. The van der Waals surface area contributed by atoms with Gasteiger partial charge in [0, 0.05) is 30.2 Å². The van der Waals surface area contributed by atoms with Gasteiger partial charge in [-0.3, -0.25) is 4.79 Å². The van der Waals surface area contributed by atoms with Gasteiger partial charge in [-0.15, -0.1) is 0 Å². The van der Waals surface area contributed by atoms with Gasteiger partial charge in [-0.25, -0.2) is 15.0 Å². The van der Waals surface area contributed by atoms with Crippen LogP contribution in [0.15, 0.2) is 67.6 Å². The van der Waals surface area contributed by atoms with Crippen molar-refractivity contribution in [2.24, 2.45) is 0 Å². The molecule has 4 rings (SSSR count). The molecule has 0 saturated heterocycles.